The van der Waals surface area contributed by atoms with Crippen molar-refractivity contribution in [2.24, 2.45) is 0 Å². The Morgan fingerprint density at radius 3 is 2.63 bits per heavy atom. The minimum Gasteiger partial charge on any atom is -0.345 e. The Morgan fingerprint density at radius 1 is 1.19 bits per heavy atom. The van der Waals surface area contributed by atoms with E-state index < -0.39 is 6.04 Å². The van der Waals surface area contributed by atoms with E-state index in [0.717, 1.165) is 37.9 Å². The molecule has 1 saturated heterocycles. The number of nitrogens with zero attached hydrogens (tertiary/aromatic N) is 3. The third-order valence-electron chi connectivity index (χ3n) is 4.99. The summed E-state index contributed by atoms with van der Waals surface area (Å²) in [7, 11) is 0. The predicted octanol–water partition coefficient (Wildman–Crippen LogP) is 1.61. The average molecular weight is 370 g/mol. The molecule has 7 heteroatoms. The first-order chi connectivity index (χ1) is 13.0. The standard InChI is InChI=1S/C20H26N4O3/c1-14(19(26)23-11-6-3-7-12-23)22-18(25)10-13-24-17-9-5-4-8-16(17)21-15(2)20(24)27/h4-5,8-9,14H,3,6-7,10-13H2,1-2H3,(H,22,25). The van der Waals surface area contributed by atoms with Crippen LogP contribution in [0.2, 0.25) is 0 Å². The third-order valence-corrected chi connectivity index (χ3v) is 4.99. The molecule has 0 radical (unpaired) electrons. The van der Waals surface area contributed by atoms with Crippen LogP contribution in [0.25, 0.3) is 11.0 Å². The highest BCUT2D eigenvalue weighted by Crippen LogP contribution is 2.11. The first kappa shape index (κ1) is 19.1. The summed E-state index contributed by atoms with van der Waals surface area (Å²) >= 11 is 0. The van der Waals surface area contributed by atoms with E-state index in [4.69, 9.17) is 0 Å². The van der Waals surface area contributed by atoms with Gasteiger partial charge in [-0.05, 0) is 45.2 Å². The molecule has 1 aliphatic heterocycles. The lowest BCUT2D eigenvalue weighted by molar-refractivity contribution is -0.136. The van der Waals surface area contributed by atoms with E-state index in [0.29, 0.717) is 11.2 Å². The highest BCUT2D eigenvalue weighted by atomic mass is 16.2. The van der Waals surface area contributed by atoms with Gasteiger partial charge in [-0.2, -0.15) is 0 Å². The van der Waals surface area contributed by atoms with Crippen LogP contribution in [-0.4, -0.2) is 45.4 Å². The second-order valence-corrected chi connectivity index (χ2v) is 7.07. The number of hydrogen-bond acceptors (Lipinski definition) is 4. The van der Waals surface area contributed by atoms with Crippen molar-refractivity contribution in [2.75, 3.05) is 13.1 Å². The van der Waals surface area contributed by atoms with Gasteiger partial charge < -0.3 is 14.8 Å². The van der Waals surface area contributed by atoms with Crippen molar-refractivity contribution < 1.29 is 9.59 Å². The zero-order valence-corrected chi connectivity index (χ0v) is 15.9. The maximum atomic E-state index is 12.4. The summed E-state index contributed by atoms with van der Waals surface area (Å²) in [5, 5.41) is 2.77. The van der Waals surface area contributed by atoms with Gasteiger partial charge in [-0.1, -0.05) is 12.1 Å². The summed E-state index contributed by atoms with van der Waals surface area (Å²) in [5.41, 5.74) is 1.64. The van der Waals surface area contributed by atoms with Crippen molar-refractivity contribution in [1.82, 2.24) is 19.8 Å². The van der Waals surface area contributed by atoms with E-state index in [2.05, 4.69) is 10.3 Å². The number of likely N-dealkylation sites (tertiary alicyclic amines) is 1. The van der Waals surface area contributed by atoms with Gasteiger partial charge in [0.15, 0.2) is 0 Å². The van der Waals surface area contributed by atoms with Crippen LogP contribution < -0.4 is 10.9 Å². The van der Waals surface area contributed by atoms with Crippen LogP contribution in [0.1, 0.15) is 38.3 Å². The number of amides is 2. The fourth-order valence-electron chi connectivity index (χ4n) is 3.52. The minimum absolute atomic E-state index is 0.0366. The molecular formula is C20H26N4O3. The number of rotatable bonds is 5. The van der Waals surface area contributed by atoms with Gasteiger partial charge in [-0.3, -0.25) is 14.4 Å². The Balaban J connectivity index is 1.64. The molecule has 1 fully saturated rings. The zero-order chi connectivity index (χ0) is 19.4. The molecule has 2 aromatic rings. The number of fused-ring (bicyclic) bond motifs is 1. The molecule has 1 unspecified atom stereocenters. The van der Waals surface area contributed by atoms with Crippen LogP contribution in [-0.2, 0) is 16.1 Å². The Morgan fingerprint density at radius 2 is 1.89 bits per heavy atom. The van der Waals surface area contributed by atoms with E-state index in [1.54, 1.807) is 18.4 Å². The zero-order valence-electron chi connectivity index (χ0n) is 15.9. The number of carbonyl (C=O) groups excluding carboxylic acids is 2. The summed E-state index contributed by atoms with van der Waals surface area (Å²) in [6.07, 6.45) is 3.32. The van der Waals surface area contributed by atoms with Crippen LogP contribution in [0.5, 0.6) is 0 Å². The van der Waals surface area contributed by atoms with E-state index in [9.17, 15) is 14.4 Å². The molecule has 1 aliphatic rings. The van der Waals surface area contributed by atoms with E-state index in [-0.39, 0.29) is 30.3 Å². The summed E-state index contributed by atoms with van der Waals surface area (Å²) in [5.74, 6) is -0.274. The van der Waals surface area contributed by atoms with E-state index in [1.165, 1.54) is 0 Å². The SMILES string of the molecule is Cc1nc2ccccc2n(CCC(=O)NC(C)C(=O)N2CCCCC2)c1=O. The predicted molar refractivity (Wildman–Crippen MR) is 103 cm³/mol. The second kappa shape index (κ2) is 8.33. The summed E-state index contributed by atoms with van der Waals surface area (Å²) in [6.45, 7) is 5.16. The topological polar surface area (TPSA) is 84.3 Å². The van der Waals surface area contributed by atoms with Crippen molar-refractivity contribution in [3.63, 3.8) is 0 Å². The molecule has 0 aliphatic carbocycles. The monoisotopic (exact) mass is 370 g/mol. The molecule has 1 aromatic heterocycles. The van der Waals surface area contributed by atoms with Crippen LogP contribution >= 0.6 is 0 Å². The number of hydrogen-bond donors (Lipinski definition) is 1. The molecular weight excluding hydrogens is 344 g/mol. The fraction of sp³-hybridized carbons (Fsp3) is 0.500. The van der Waals surface area contributed by atoms with Crippen LogP contribution in [0.3, 0.4) is 0 Å². The highest BCUT2D eigenvalue weighted by molar-refractivity contribution is 5.87. The van der Waals surface area contributed by atoms with Gasteiger partial charge in [0, 0.05) is 26.1 Å². The molecule has 2 heterocycles. The highest BCUT2D eigenvalue weighted by Gasteiger charge is 2.23. The number of nitrogens with one attached hydrogen (secondary N) is 1. The number of aromatic nitrogens is 2. The number of carbonyl (C=O) groups is 2. The minimum atomic E-state index is -0.553. The Kier molecular flexibility index (Phi) is 5.88. The Labute approximate surface area is 158 Å². The summed E-state index contributed by atoms with van der Waals surface area (Å²) in [6, 6.07) is 6.82. The second-order valence-electron chi connectivity index (χ2n) is 7.07. The van der Waals surface area contributed by atoms with Gasteiger partial charge in [-0.25, -0.2) is 4.98 Å². The molecule has 0 bridgehead atoms. The molecule has 0 saturated carbocycles. The fourth-order valence-corrected chi connectivity index (χ4v) is 3.52. The molecule has 144 valence electrons. The smallest absolute Gasteiger partial charge is 0.272 e. The van der Waals surface area contributed by atoms with Gasteiger partial charge in [0.05, 0.1) is 11.0 Å². The first-order valence-electron chi connectivity index (χ1n) is 9.51. The molecule has 27 heavy (non-hydrogen) atoms. The summed E-state index contributed by atoms with van der Waals surface area (Å²) in [4.78, 5) is 43.3. The number of piperidine rings is 1. The quantitative estimate of drug-likeness (QED) is 0.867. The van der Waals surface area contributed by atoms with Crippen molar-refractivity contribution in [3.05, 3.63) is 40.3 Å². The normalized spacial score (nSPS) is 15.6. The Bertz CT molecular complexity index is 900. The lowest BCUT2D eigenvalue weighted by Gasteiger charge is -2.29. The lowest BCUT2D eigenvalue weighted by Crippen LogP contribution is -2.48. The molecule has 3 rings (SSSR count). The average Bonchev–Trinajstić information content (AvgIpc) is 2.68. The van der Waals surface area contributed by atoms with Crippen LogP contribution in [0.4, 0.5) is 0 Å². The van der Waals surface area contributed by atoms with Crippen LogP contribution in [0.15, 0.2) is 29.1 Å². The number of aryl methyl sites for hydroxylation is 2. The number of benzene rings is 1. The molecule has 1 N–H and O–H groups in total. The van der Waals surface area contributed by atoms with Crippen molar-refractivity contribution >= 4 is 22.8 Å². The van der Waals surface area contributed by atoms with Gasteiger partial charge in [0.1, 0.15) is 11.7 Å². The first-order valence-corrected chi connectivity index (χ1v) is 9.51. The van der Waals surface area contributed by atoms with Gasteiger partial charge >= 0.3 is 0 Å². The van der Waals surface area contributed by atoms with Gasteiger partial charge in [0.25, 0.3) is 5.56 Å². The van der Waals surface area contributed by atoms with Crippen LogP contribution in [0, 0.1) is 6.92 Å². The molecule has 1 aromatic carbocycles. The third kappa shape index (κ3) is 4.35. The van der Waals surface area contributed by atoms with Crippen molar-refractivity contribution in [2.45, 2.75) is 52.1 Å². The van der Waals surface area contributed by atoms with Gasteiger partial charge in [0.2, 0.25) is 11.8 Å². The van der Waals surface area contributed by atoms with E-state index >= 15 is 0 Å². The van der Waals surface area contributed by atoms with Gasteiger partial charge in [-0.15, -0.1) is 0 Å². The van der Waals surface area contributed by atoms with Crippen molar-refractivity contribution in [1.29, 1.82) is 0 Å². The lowest BCUT2D eigenvalue weighted by atomic mass is 10.1. The molecule has 0 spiro atoms. The van der Waals surface area contributed by atoms with Crippen molar-refractivity contribution in [3.8, 4) is 0 Å². The molecule has 2 amide bonds. The maximum Gasteiger partial charge on any atom is 0.272 e. The Hall–Kier alpha value is -2.70. The van der Waals surface area contributed by atoms with E-state index in [1.807, 2.05) is 29.2 Å². The summed E-state index contributed by atoms with van der Waals surface area (Å²) < 4.78 is 1.58. The molecule has 1 atom stereocenters. The maximum absolute atomic E-state index is 12.4. The number of para-hydroxylation sites is 2. The largest absolute Gasteiger partial charge is 0.345 e. The molecule has 7 nitrogen and oxygen atoms in total.